The van der Waals surface area contributed by atoms with E-state index in [1.54, 1.807) is 10.3 Å². The van der Waals surface area contributed by atoms with E-state index in [0.717, 1.165) is 6.42 Å². The third kappa shape index (κ3) is 2.01. The average molecular weight is 325 g/mol. The SMILES string of the molecule is Nc1nc(C2CCCN2c2c(O)c(O)c(O)c(O)c2O)cs1. The van der Waals surface area contributed by atoms with Crippen molar-refractivity contribution >= 4 is 22.2 Å². The summed E-state index contributed by atoms with van der Waals surface area (Å²) in [5.74, 6) is -4.11. The van der Waals surface area contributed by atoms with Crippen molar-refractivity contribution in [3.05, 3.63) is 11.1 Å². The zero-order chi connectivity index (χ0) is 16.0. The molecule has 1 unspecified atom stereocenters. The first-order valence-electron chi connectivity index (χ1n) is 6.58. The average Bonchev–Trinajstić information content (AvgIpc) is 3.12. The summed E-state index contributed by atoms with van der Waals surface area (Å²) in [6.45, 7) is 0.479. The minimum Gasteiger partial charge on any atom is -0.503 e. The first kappa shape index (κ1) is 14.4. The van der Waals surface area contributed by atoms with E-state index in [1.807, 2.05) is 0 Å². The van der Waals surface area contributed by atoms with E-state index in [0.29, 0.717) is 23.8 Å². The van der Waals surface area contributed by atoms with E-state index in [2.05, 4.69) is 4.98 Å². The standard InChI is InChI=1S/C13H15N3O5S/c14-13-15-5(4-22-13)6-2-1-3-16(6)7-8(17)10(19)12(21)11(20)9(7)18/h4,6,17-21H,1-3H2,(H2,14,15). The molecule has 9 heteroatoms. The van der Waals surface area contributed by atoms with Crippen LogP contribution in [0, 0.1) is 0 Å². The number of anilines is 2. The minimum absolute atomic E-state index is 0.137. The highest BCUT2D eigenvalue weighted by molar-refractivity contribution is 7.13. The molecule has 7 N–H and O–H groups in total. The lowest BCUT2D eigenvalue weighted by atomic mass is 10.1. The van der Waals surface area contributed by atoms with Crippen LogP contribution in [0.1, 0.15) is 24.6 Å². The van der Waals surface area contributed by atoms with Crippen LogP contribution in [0.25, 0.3) is 0 Å². The van der Waals surface area contributed by atoms with E-state index in [9.17, 15) is 25.5 Å². The van der Waals surface area contributed by atoms with Crippen molar-refractivity contribution in [1.82, 2.24) is 4.98 Å². The molecule has 1 aromatic heterocycles. The van der Waals surface area contributed by atoms with Crippen molar-refractivity contribution in [1.29, 1.82) is 0 Å². The summed E-state index contributed by atoms with van der Waals surface area (Å²) < 4.78 is 0. The summed E-state index contributed by atoms with van der Waals surface area (Å²) in [4.78, 5) is 5.83. The molecule has 2 heterocycles. The van der Waals surface area contributed by atoms with Gasteiger partial charge in [-0.3, -0.25) is 0 Å². The normalized spacial score (nSPS) is 18.0. The molecule has 1 saturated heterocycles. The lowest BCUT2D eigenvalue weighted by Crippen LogP contribution is -2.23. The number of hydrogen-bond acceptors (Lipinski definition) is 9. The number of nitrogens with zero attached hydrogens (tertiary/aromatic N) is 2. The molecule has 1 atom stereocenters. The third-order valence-electron chi connectivity index (χ3n) is 3.77. The van der Waals surface area contributed by atoms with E-state index >= 15 is 0 Å². The molecule has 118 valence electrons. The molecule has 0 spiro atoms. The second-order valence-electron chi connectivity index (χ2n) is 5.05. The van der Waals surface area contributed by atoms with Crippen molar-refractivity contribution in [3.8, 4) is 28.7 Å². The maximum Gasteiger partial charge on any atom is 0.208 e. The molecule has 0 saturated carbocycles. The van der Waals surface area contributed by atoms with Gasteiger partial charge in [0.05, 0.1) is 11.7 Å². The number of phenols is 5. The Balaban J connectivity index is 2.10. The van der Waals surface area contributed by atoms with E-state index in [-0.39, 0.29) is 11.7 Å². The molecule has 8 nitrogen and oxygen atoms in total. The minimum atomic E-state index is -0.965. The first-order chi connectivity index (χ1) is 10.4. The predicted molar refractivity (Wildman–Crippen MR) is 80.6 cm³/mol. The Labute approximate surface area is 129 Å². The van der Waals surface area contributed by atoms with Crippen LogP contribution < -0.4 is 10.6 Å². The Kier molecular flexibility index (Phi) is 3.28. The number of thiazole rings is 1. The van der Waals surface area contributed by atoms with E-state index in [4.69, 9.17) is 5.73 Å². The zero-order valence-electron chi connectivity index (χ0n) is 11.4. The molecule has 0 amide bonds. The number of benzene rings is 1. The number of hydrogen-bond donors (Lipinski definition) is 6. The van der Waals surface area contributed by atoms with Gasteiger partial charge in [-0.1, -0.05) is 0 Å². The van der Waals surface area contributed by atoms with Crippen molar-refractivity contribution < 1.29 is 25.5 Å². The zero-order valence-corrected chi connectivity index (χ0v) is 12.2. The van der Waals surface area contributed by atoms with Gasteiger partial charge >= 0.3 is 0 Å². The molecule has 0 radical (unpaired) electrons. The topological polar surface area (TPSA) is 143 Å². The largest absolute Gasteiger partial charge is 0.503 e. The van der Waals surface area contributed by atoms with Gasteiger partial charge in [-0.15, -0.1) is 11.3 Å². The summed E-state index contributed by atoms with van der Waals surface area (Å²) in [5, 5.41) is 51.1. The van der Waals surface area contributed by atoms with Gasteiger partial charge < -0.3 is 36.2 Å². The smallest absolute Gasteiger partial charge is 0.208 e. The Morgan fingerprint density at radius 2 is 1.64 bits per heavy atom. The van der Waals surface area contributed by atoms with Crippen LogP contribution >= 0.6 is 11.3 Å². The van der Waals surface area contributed by atoms with Crippen LogP contribution in [0.4, 0.5) is 10.8 Å². The van der Waals surface area contributed by atoms with Gasteiger partial charge in [-0.05, 0) is 12.8 Å². The highest BCUT2D eigenvalue weighted by Crippen LogP contribution is 2.57. The van der Waals surface area contributed by atoms with Gasteiger partial charge in [-0.2, -0.15) is 0 Å². The molecule has 3 rings (SSSR count). The van der Waals surface area contributed by atoms with Crippen molar-refractivity contribution in [2.75, 3.05) is 17.2 Å². The number of nitrogens with two attached hydrogens (primary N) is 1. The summed E-state index contributed by atoms with van der Waals surface area (Å²) in [5.41, 5.74) is 6.18. The Morgan fingerprint density at radius 3 is 2.18 bits per heavy atom. The van der Waals surface area contributed by atoms with Gasteiger partial charge in [-0.25, -0.2) is 4.98 Å². The second kappa shape index (κ2) is 5.02. The number of aromatic nitrogens is 1. The maximum atomic E-state index is 10.0. The molecule has 0 bridgehead atoms. The molecule has 1 aliphatic rings. The lowest BCUT2D eigenvalue weighted by molar-refractivity contribution is 0.328. The van der Waals surface area contributed by atoms with Crippen LogP contribution in [0.3, 0.4) is 0 Å². The van der Waals surface area contributed by atoms with E-state index < -0.39 is 28.7 Å². The van der Waals surface area contributed by atoms with Gasteiger partial charge in [0.25, 0.3) is 0 Å². The van der Waals surface area contributed by atoms with Crippen molar-refractivity contribution in [2.45, 2.75) is 18.9 Å². The van der Waals surface area contributed by atoms with Gasteiger partial charge in [0.15, 0.2) is 16.6 Å². The third-order valence-corrected chi connectivity index (χ3v) is 4.46. The van der Waals surface area contributed by atoms with Crippen LogP contribution in [0.2, 0.25) is 0 Å². The van der Waals surface area contributed by atoms with Crippen LogP contribution in [-0.4, -0.2) is 37.1 Å². The predicted octanol–water partition coefficient (Wildman–Crippen LogP) is 1.59. The lowest BCUT2D eigenvalue weighted by Gasteiger charge is -2.27. The fraction of sp³-hybridized carbons (Fsp3) is 0.308. The molecular formula is C13H15N3O5S. The maximum absolute atomic E-state index is 10.0. The van der Waals surface area contributed by atoms with Gasteiger partial charge in [0.1, 0.15) is 5.69 Å². The summed E-state index contributed by atoms with van der Waals surface area (Å²) >= 11 is 1.28. The monoisotopic (exact) mass is 325 g/mol. The fourth-order valence-electron chi connectivity index (χ4n) is 2.74. The number of phenolic OH excluding ortho intramolecular Hbond substituents is 5. The molecule has 1 aromatic carbocycles. The molecule has 1 aliphatic heterocycles. The Hall–Kier alpha value is -2.55. The first-order valence-corrected chi connectivity index (χ1v) is 7.46. The number of aromatic hydroxyl groups is 5. The Morgan fingerprint density at radius 1 is 1.05 bits per heavy atom. The highest BCUT2D eigenvalue weighted by atomic mass is 32.1. The molecule has 22 heavy (non-hydrogen) atoms. The summed E-state index contributed by atoms with van der Waals surface area (Å²) in [6.07, 6.45) is 1.48. The number of nitrogen functional groups attached to an aromatic ring is 1. The molecule has 0 aliphatic carbocycles. The summed E-state index contributed by atoms with van der Waals surface area (Å²) in [6, 6.07) is -0.256. The highest BCUT2D eigenvalue weighted by Gasteiger charge is 2.35. The molecule has 1 fully saturated rings. The fourth-order valence-corrected chi connectivity index (χ4v) is 3.35. The van der Waals surface area contributed by atoms with Gasteiger partial charge in [0, 0.05) is 11.9 Å². The van der Waals surface area contributed by atoms with Crippen LogP contribution in [0.15, 0.2) is 5.38 Å². The van der Waals surface area contributed by atoms with Gasteiger partial charge in [0.2, 0.25) is 17.2 Å². The Bertz CT molecular complexity index is 704. The molecule has 2 aromatic rings. The summed E-state index contributed by atoms with van der Waals surface area (Å²) in [7, 11) is 0. The quantitative estimate of drug-likeness (QED) is 0.361. The number of rotatable bonds is 2. The van der Waals surface area contributed by atoms with Crippen molar-refractivity contribution in [2.24, 2.45) is 0 Å². The van der Waals surface area contributed by atoms with Crippen molar-refractivity contribution in [3.63, 3.8) is 0 Å². The van der Waals surface area contributed by atoms with Crippen LogP contribution in [0.5, 0.6) is 28.7 Å². The van der Waals surface area contributed by atoms with E-state index in [1.165, 1.54) is 11.3 Å². The second-order valence-corrected chi connectivity index (χ2v) is 5.94. The van der Waals surface area contributed by atoms with Crippen LogP contribution in [-0.2, 0) is 0 Å². The molecular weight excluding hydrogens is 310 g/mol.